The van der Waals surface area contributed by atoms with Gasteiger partial charge in [-0.05, 0) is 35.2 Å². The van der Waals surface area contributed by atoms with E-state index >= 15 is 0 Å². The maximum absolute atomic E-state index is 4.54. The molecule has 0 bridgehead atoms. The normalized spacial score (nSPS) is 12.8. The highest BCUT2D eigenvalue weighted by atomic mass is 14.7. The first-order chi connectivity index (χ1) is 7.84. The van der Waals surface area contributed by atoms with E-state index in [1.807, 2.05) is 12.3 Å². The summed E-state index contributed by atoms with van der Waals surface area (Å²) in [6.45, 7) is 2.17. The van der Waals surface area contributed by atoms with Gasteiger partial charge in [0.15, 0.2) is 0 Å². The second-order valence-corrected chi connectivity index (χ2v) is 4.21. The molecule has 0 aliphatic carbocycles. The van der Waals surface area contributed by atoms with Crippen molar-refractivity contribution in [1.82, 2.24) is 0 Å². The molecule has 16 heavy (non-hydrogen) atoms. The van der Waals surface area contributed by atoms with Crippen LogP contribution < -0.4 is 0 Å². The van der Waals surface area contributed by atoms with Crippen LogP contribution in [0.4, 0.5) is 5.69 Å². The molecule has 0 fully saturated rings. The first-order valence-electron chi connectivity index (χ1n) is 5.55. The minimum Gasteiger partial charge on any atom is -0.256 e. The van der Waals surface area contributed by atoms with Gasteiger partial charge in [0.2, 0.25) is 0 Å². The van der Waals surface area contributed by atoms with Gasteiger partial charge in [-0.1, -0.05) is 36.4 Å². The molecule has 1 heterocycles. The van der Waals surface area contributed by atoms with Crippen molar-refractivity contribution in [2.45, 2.75) is 13.3 Å². The van der Waals surface area contributed by atoms with Crippen LogP contribution in [0, 0.1) is 6.92 Å². The van der Waals surface area contributed by atoms with Crippen molar-refractivity contribution in [3.63, 3.8) is 0 Å². The fourth-order valence-electron chi connectivity index (χ4n) is 2.20. The Labute approximate surface area is 95.5 Å². The van der Waals surface area contributed by atoms with E-state index in [9.17, 15) is 0 Å². The molecule has 0 unspecified atom stereocenters. The number of benzene rings is 2. The number of aryl methyl sites for hydroxylation is 1. The molecule has 1 aliphatic rings. The van der Waals surface area contributed by atoms with Crippen molar-refractivity contribution in [3.8, 4) is 0 Å². The molecule has 1 aliphatic heterocycles. The SMILES string of the molecule is Cc1cccc2c1Cc1ccccc1N=C2. The van der Waals surface area contributed by atoms with Gasteiger partial charge in [0.1, 0.15) is 0 Å². The lowest BCUT2D eigenvalue weighted by Crippen LogP contribution is -1.95. The Bertz CT molecular complexity index is 567. The largest absolute Gasteiger partial charge is 0.256 e. The molecule has 2 aromatic carbocycles. The number of aliphatic imine (C=N–C) groups is 1. The second kappa shape index (κ2) is 3.60. The van der Waals surface area contributed by atoms with Gasteiger partial charge >= 0.3 is 0 Å². The third-order valence-electron chi connectivity index (χ3n) is 3.15. The van der Waals surface area contributed by atoms with E-state index in [2.05, 4.69) is 48.3 Å². The Kier molecular flexibility index (Phi) is 2.10. The van der Waals surface area contributed by atoms with E-state index in [4.69, 9.17) is 0 Å². The van der Waals surface area contributed by atoms with Crippen LogP contribution in [0.1, 0.15) is 22.3 Å². The molecule has 1 heteroatoms. The number of para-hydroxylation sites is 1. The Morgan fingerprint density at radius 1 is 1.00 bits per heavy atom. The summed E-state index contributed by atoms with van der Waals surface area (Å²) in [5.41, 5.74) is 6.40. The Morgan fingerprint density at radius 3 is 2.81 bits per heavy atom. The molecule has 0 N–H and O–H groups in total. The van der Waals surface area contributed by atoms with Crippen molar-refractivity contribution >= 4 is 11.9 Å². The molecule has 2 aromatic rings. The number of hydrogen-bond donors (Lipinski definition) is 0. The van der Waals surface area contributed by atoms with Crippen molar-refractivity contribution < 1.29 is 0 Å². The van der Waals surface area contributed by atoms with Crippen molar-refractivity contribution in [3.05, 3.63) is 64.7 Å². The molecule has 0 saturated heterocycles. The zero-order chi connectivity index (χ0) is 11.0. The molecule has 0 saturated carbocycles. The quantitative estimate of drug-likeness (QED) is 0.533. The first-order valence-corrected chi connectivity index (χ1v) is 5.55. The van der Waals surface area contributed by atoms with Gasteiger partial charge in [0.25, 0.3) is 0 Å². The van der Waals surface area contributed by atoms with Crippen molar-refractivity contribution in [1.29, 1.82) is 0 Å². The van der Waals surface area contributed by atoms with Crippen LogP contribution in [0.25, 0.3) is 0 Å². The highest BCUT2D eigenvalue weighted by Crippen LogP contribution is 2.27. The minimum absolute atomic E-state index is 0.984. The average molecular weight is 207 g/mol. The smallest absolute Gasteiger partial charge is 0.0665 e. The number of fused-ring (bicyclic) bond motifs is 2. The van der Waals surface area contributed by atoms with Gasteiger partial charge in [-0.25, -0.2) is 0 Å². The van der Waals surface area contributed by atoms with Gasteiger partial charge in [-0.3, -0.25) is 4.99 Å². The van der Waals surface area contributed by atoms with E-state index < -0.39 is 0 Å². The van der Waals surface area contributed by atoms with Crippen LogP contribution in [-0.2, 0) is 6.42 Å². The van der Waals surface area contributed by atoms with Gasteiger partial charge in [0, 0.05) is 12.6 Å². The van der Waals surface area contributed by atoms with E-state index in [1.54, 1.807) is 0 Å². The molecule has 0 radical (unpaired) electrons. The molecule has 0 amide bonds. The van der Waals surface area contributed by atoms with E-state index in [1.165, 1.54) is 22.3 Å². The van der Waals surface area contributed by atoms with E-state index in [-0.39, 0.29) is 0 Å². The van der Waals surface area contributed by atoms with Crippen LogP contribution in [0.3, 0.4) is 0 Å². The third-order valence-corrected chi connectivity index (χ3v) is 3.15. The van der Waals surface area contributed by atoms with Crippen LogP contribution >= 0.6 is 0 Å². The fourth-order valence-corrected chi connectivity index (χ4v) is 2.20. The van der Waals surface area contributed by atoms with Gasteiger partial charge in [-0.15, -0.1) is 0 Å². The summed E-state index contributed by atoms with van der Waals surface area (Å²) in [6, 6.07) is 14.8. The first kappa shape index (κ1) is 9.34. The lowest BCUT2D eigenvalue weighted by molar-refractivity contribution is 1.16. The van der Waals surface area contributed by atoms with E-state index in [0.29, 0.717) is 0 Å². The minimum atomic E-state index is 0.984. The average Bonchev–Trinajstić information content (AvgIpc) is 2.50. The lowest BCUT2D eigenvalue weighted by atomic mass is 9.96. The Balaban J connectivity index is 2.22. The Morgan fingerprint density at radius 2 is 1.88 bits per heavy atom. The zero-order valence-electron chi connectivity index (χ0n) is 9.27. The molecule has 0 aromatic heterocycles. The summed E-state index contributed by atoms with van der Waals surface area (Å²) in [5, 5.41) is 0. The summed E-state index contributed by atoms with van der Waals surface area (Å²) >= 11 is 0. The molecular weight excluding hydrogens is 194 g/mol. The van der Waals surface area contributed by atoms with E-state index in [0.717, 1.165) is 12.1 Å². The summed E-state index contributed by atoms with van der Waals surface area (Å²) in [4.78, 5) is 4.54. The van der Waals surface area contributed by atoms with Crippen LogP contribution in [0.5, 0.6) is 0 Å². The van der Waals surface area contributed by atoms with Gasteiger partial charge in [0.05, 0.1) is 5.69 Å². The number of nitrogens with zero attached hydrogens (tertiary/aromatic N) is 1. The van der Waals surface area contributed by atoms with Gasteiger partial charge in [-0.2, -0.15) is 0 Å². The summed E-state index contributed by atoms with van der Waals surface area (Å²) in [5.74, 6) is 0. The highest BCUT2D eigenvalue weighted by Gasteiger charge is 2.10. The summed E-state index contributed by atoms with van der Waals surface area (Å²) < 4.78 is 0. The maximum atomic E-state index is 4.54. The summed E-state index contributed by atoms with van der Waals surface area (Å²) in [7, 11) is 0. The molecule has 3 rings (SSSR count). The second-order valence-electron chi connectivity index (χ2n) is 4.21. The molecular formula is C15H13N. The molecule has 1 nitrogen and oxygen atoms in total. The van der Waals surface area contributed by atoms with Crippen molar-refractivity contribution in [2.75, 3.05) is 0 Å². The van der Waals surface area contributed by atoms with Crippen molar-refractivity contribution in [2.24, 2.45) is 4.99 Å². The third kappa shape index (κ3) is 1.45. The molecule has 0 atom stereocenters. The predicted octanol–water partition coefficient (Wildman–Crippen LogP) is 3.65. The van der Waals surface area contributed by atoms with Crippen LogP contribution in [0.15, 0.2) is 47.5 Å². The molecule has 78 valence electrons. The predicted molar refractivity (Wildman–Crippen MR) is 67.7 cm³/mol. The maximum Gasteiger partial charge on any atom is 0.0665 e. The highest BCUT2D eigenvalue weighted by molar-refractivity contribution is 5.86. The Hall–Kier alpha value is -1.89. The monoisotopic (exact) mass is 207 g/mol. The molecule has 0 spiro atoms. The lowest BCUT2D eigenvalue weighted by Gasteiger charge is -2.07. The van der Waals surface area contributed by atoms with Crippen LogP contribution in [0.2, 0.25) is 0 Å². The number of hydrogen-bond acceptors (Lipinski definition) is 1. The summed E-state index contributed by atoms with van der Waals surface area (Å²) in [6.07, 6.45) is 2.96. The fraction of sp³-hybridized carbons (Fsp3) is 0.133. The standard InChI is InChI=1S/C15H13N/c1-11-5-4-7-13-10-16-15-8-3-2-6-12(15)9-14(11)13/h2-8,10H,9H2,1H3. The zero-order valence-corrected chi connectivity index (χ0v) is 9.27. The number of rotatable bonds is 0. The van der Waals surface area contributed by atoms with Gasteiger partial charge < -0.3 is 0 Å². The van der Waals surface area contributed by atoms with Crippen LogP contribution in [-0.4, -0.2) is 6.21 Å². The topological polar surface area (TPSA) is 12.4 Å².